The monoisotopic (exact) mass is 364 g/mol. The number of hydrogen-bond donors (Lipinski definition) is 2. The first-order valence-corrected chi connectivity index (χ1v) is 7.71. The lowest BCUT2D eigenvalue weighted by Gasteiger charge is -2.20. The van der Waals surface area contributed by atoms with Crippen LogP contribution in [0.5, 0.6) is 0 Å². The van der Waals surface area contributed by atoms with E-state index in [2.05, 4.69) is 81.8 Å². The largest absolute Gasteiger partial charge is 0.378 e. The normalized spacial score (nSPS) is 18.5. The zero-order valence-electron chi connectivity index (χ0n) is 10.7. The van der Waals surface area contributed by atoms with Crippen molar-refractivity contribution in [2.75, 3.05) is 11.9 Å². The molecule has 3 heteroatoms. The summed E-state index contributed by atoms with van der Waals surface area (Å²) in [6.45, 7) is 2.03. The molecule has 0 amide bonds. The topological polar surface area (TPSA) is 24.1 Å². The fourth-order valence-electron chi connectivity index (χ4n) is 2.56. The minimum Gasteiger partial charge on any atom is -0.378 e. The Morgan fingerprint density at radius 3 is 2.68 bits per heavy atom. The van der Waals surface area contributed by atoms with E-state index in [9.17, 15) is 0 Å². The molecular weight excluding hydrogens is 347 g/mol. The molecule has 98 valence electrons. The molecule has 0 aromatic heterocycles. The Bertz CT molecular complexity index is 551. The van der Waals surface area contributed by atoms with Gasteiger partial charge in [-0.15, -0.1) is 0 Å². The van der Waals surface area contributed by atoms with E-state index in [1.54, 1.807) is 0 Å². The van der Waals surface area contributed by atoms with Gasteiger partial charge in [-0.2, -0.15) is 0 Å². The highest BCUT2D eigenvalue weighted by Crippen LogP contribution is 2.27. The van der Waals surface area contributed by atoms with E-state index in [1.807, 2.05) is 0 Å². The Morgan fingerprint density at radius 1 is 1.05 bits per heavy atom. The summed E-state index contributed by atoms with van der Waals surface area (Å²) in [6.07, 6.45) is 1.11. The van der Waals surface area contributed by atoms with Gasteiger partial charge in [0.2, 0.25) is 0 Å². The van der Waals surface area contributed by atoms with Crippen molar-refractivity contribution in [2.24, 2.45) is 0 Å². The van der Waals surface area contributed by atoms with Gasteiger partial charge >= 0.3 is 0 Å². The highest BCUT2D eigenvalue weighted by molar-refractivity contribution is 14.1. The van der Waals surface area contributed by atoms with E-state index in [0.29, 0.717) is 6.04 Å². The van der Waals surface area contributed by atoms with E-state index in [1.165, 1.54) is 20.4 Å². The van der Waals surface area contributed by atoms with Gasteiger partial charge in [-0.25, -0.2) is 0 Å². The summed E-state index contributed by atoms with van der Waals surface area (Å²) in [7, 11) is 0. The molecule has 2 N–H and O–H groups in total. The Morgan fingerprint density at radius 2 is 1.84 bits per heavy atom. The number of fused-ring (bicyclic) bond motifs is 1. The Labute approximate surface area is 127 Å². The maximum absolute atomic E-state index is 3.66. The van der Waals surface area contributed by atoms with Gasteiger partial charge in [0.15, 0.2) is 0 Å². The van der Waals surface area contributed by atoms with Crippen molar-refractivity contribution in [3.63, 3.8) is 0 Å². The van der Waals surface area contributed by atoms with Crippen molar-refractivity contribution in [3.8, 4) is 0 Å². The average Bonchev–Trinajstić information content (AvgIpc) is 2.64. The highest BCUT2D eigenvalue weighted by atomic mass is 127. The summed E-state index contributed by atoms with van der Waals surface area (Å²) in [5.74, 6) is 0. The number of halogens is 1. The molecule has 0 spiro atoms. The molecule has 1 unspecified atom stereocenters. The van der Waals surface area contributed by atoms with E-state index < -0.39 is 0 Å². The van der Waals surface area contributed by atoms with Crippen LogP contribution in [0.25, 0.3) is 0 Å². The van der Waals surface area contributed by atoms with Crippen LogP contribution in [0.15, 0.2) is 48.5 Å². The Kier molecular flexibility index (Phi) is 4.03. The van der Waals surface area contributed by atoms with Gasteiger partial charge in [0.05, 0.1) is 6.04 Å². The molecule has 0 fully saturated rings. The molecule has 0 radical (unpaired) electrons. The van der Waals surface area contributed by atoms with Gasteiger partial charge in [0, 0.05) is 15.8 Å². The van der Waals surface area contributed by atoms with E-state index in [-0.39, 0.29) is 0 Å². The maximum atomic E-state index is 3.66. The van der Waals surface area contributed by atoms with Crippen molar-refractivity contribution in [2.45, 2.75) is 19.0 Å². The quantitative estimate of drug-likeness (QED) is 0.789. The molecular formula is C16H17IN2. The second-order valence-corrected chi connectivity index (χ2v) is 6.11. The lowest BCUT2D eigenvalue weighted by Crippen LogP contribution is -2.15. The fraction of sp³-hybridized carbons (Fsp3) is 0.250. The first kappa shape index (κ1) is 12.9. The van der Waals surface area contributed by atoms with Gasteiger partial charge in [-0.05, 0) is 70.9 Å². The summed E-state index contributed by atoms with van der Waals surface area (Å²) >= 11 is 2.34. The number of benzene rings is 2. The third kappa shape index (κ3) is 3.09. The fourth-order valence-corrected chi connectivity index (χ4v) is 2.92. The lowest BCUT2D eigenvalue weighted by atomic mass is 9.99. The minimum absolute atomic E-state index is 0.395. The predicted molar refractivity (Wildman–Crippen MR) is 88.3 cm³/mol. The average molecular weight is 364 g/mol. The van der Waals surface area contributed by atoms with Crippen molar-refractivity contribution in [3.05, 3.63) is 63.2 Å². The molecule has 1 aliphatic heterocycles. The predicted octanol–water partition coefficient (Wildman–Crippen LogP) is 3.94. The van der Waals surface area contributed by atoms with Crippen LogP contribution in [0.4, 0.5) is 5.69 Å². The molecule has 3 rings (SSSR count). The van der Waals surface area contributed by atoms with Crippen LogP contribution in [-0.4, -0.2) is 6.54 Å². The number of rotatable bonds is 2. The number of nitrogens with one attached hydrogen (secondary N) is 2. The SMILES string of the molecule is Ic1ccc(NC2CCNCc3ccccc32)cc1. The Balaban J connectivity index is 1.86. The number of anilines is 1. The highest BCUT2D eigenvalue weighted by Gasteiger charge is 2.17. The van der Waals surface area contributed by atoms with Crippen LogP contribution in [-0.2, 0) is 6.54 Å². The summed E-state index contributed by atoms with van der Waals surface area (Å²) < 4.78 is 1.27. The first-order chi connectivity index (χ1) is 9.33. The third-order valence-electron chi connectivity index (χ3n) is 3.54. The summed E-state index contributed by atoms with van der Waals surface area (Å²) in [5.41, 5.74) is 4.02. The minimum atomic E-state index is 0.395. The van der Waals surface area contributed by atoms with Crippen molar-refractivity contribution in [1.29, 1.82) is 0 Å². The van der Waals surface area contributed by atoms with Gasteiger partial charge in [0.25, 0.3) is 0 Å². The second kappa shape index (κ2) is 5.92. The zero-order valence-corrected chi connectivity index (χ0v) is 12.9. The van der Waals surface area contributed by atoms with Gasteiger partial charge in [-0.3, -0.25) is 0 Å². The van der Waals surface area contributed by atoms with Gasteiger partial charge in [-0.1, -0.05) is 24.3 Å². The van der Waals surface area contributed by atoms with Crippen LogP contribution in [0, 0.1) is 3.57 Å². The molecule has 1 atom stereocenters. The van der Waals surface area contributed by atoms with Crippen LogP contribution < -0.4 is 10.6 Å². The molecule has 2 aromatic rings. The smallest absolute Gasteiger partial charge is 0.0529 e. The Hall–Kier alpha value is -1.07. The summed E-state index contributed by atoms with van der Waals surface area (Å²) in [4.78, 5) is 0. The van der Waals surface area contributed by atoms with Crippen molar-refractivity contribution < 1.29 is 0 Å². The molecule has 1 aliphatic rings. The van der Waals surface area contributed by atoms with E-state index in [4.69, 9.17) is 0 Å². The standard InChI is InChI=1S/C16H17IN2/c17-13-5-7-14(8-6-13)19-16-9-10-18-11-12-3-1-2-4-15(12)16/h1-8,16,18-19H,9-11H2. The van der Waals surface area contributed by atoms with Crippen molar-refractivity contribution in [1.82, 2.24) is 5.32 Å². The third-order valence-corrected chi connectivity index (χ3v) is 4.26. The van der Waals surface area contributed by atoms with Gasteiger partial charge < -0.3 is 10.6 Å². The van der Waals surface area contributed by atoms with Crippen LogP contribution in [0.3, 0.4) is 0 Å². The molecule has 2 nitrogen and oxygen atoms in total. The molecule has 0 saturated carbocycles. The van der Waals surface area contributed by atoms with Crippen LogP contribution in [0.2, 0.25) is 0 Å². The van der Waals surface area contributed by atoms with E-state index in [0.717, 1.165) is 19.5 Å². The zero-order chi connectivity index (χ0) is 13.1. The first-order valence-electron chi connectivity index (χ1n) is 6.63. The molecule has 19 heavy (non-hydrogen) atoms. The lowest BCUT2D eigenvalue weighted by molar-refractivity contribution is 0.637. The molecule has 0 saturated heterocycles. The maximum Gasteiger partial charge on any atom is 0.0529 e. The van der Waals surface area contributed by atoms with Crippen LogP contribution in [0.1, 0.15) is 23.6 Å². The molecule has 2 aromatic carbocycles. The van der Waals surface area contributed by atoms with Crippen LogP contribution >= 0.6 is 22.6 Å². The van der Waals surface area contributed by atoms with E-state index >= 15 is 0 Å². The molecule has 0 aliphatic carbocycles. The molecule has 1 heterocycles. The second-order valence-electron chi connectivity index (χ2n) is 4.87. The summed E-state index contributed by atoms with van der Waals surface area (Å²) in [6, 6.07) is 17.7. The van der Waals surface area contributed by atoms with Gasteiger partial charge in [0.1, 0.15) is 0 Å². The molecule has 0 bridgehead atoms. The number of hydrogen-bond acceptors (Lipinski definition) is 2. The van der Waals surface area contributed by atoms with Crippen molar-refractivity contribution >= 4 is 28.3 Å². The summed E-state index contributed by atoms with van der Waals surface area (Å²) in [5, 5.41) is 7.15.